The summed E-state index contributed by atoms with van der Waals surface area (Å²) in [5, 5.41) is 0. The fourth-order valence-corrected chi connectivity index (χ4v) is 4.91. The Hall–Kier alpha value is -2.56. The normalized spacial score (nSPS) is 41.3. The fraction of sp³-hybridized carbons (Fsp3) is 0.667. The summed E-state index contributed by atoms with van der Waals surface area (Å²) in [6.07, 6.45) is -0.125. The second kappa shape index (κ2) is 6.46. The van der Waals surface area contributed by atoms with Crippen molar-refractivity contribution in [2.45, 2.75) is 59.4 Å². The lowest BCUT2D eigenvalue weighted by Crippen LogP contribution is -3.09. The Balaban J connectivity index is 2.67. The highest BCUT2D eigenvalue weighted by Crippen LogP contribution is 2.90. The van der Waals surface area contributed by atoms with Crippen LogP contribution in [-0.2, 0) is 19.1 Å². The number of halogens is 14. The Bertz CT molecular complexity index is 1040. The van der Waals surface area contributed by atoms with Gasteiger partial charge in [0.1, 0.15) is 6.61 Å². The molecule has 0 N–H and O–H groups in total. The monoisotopic (exact) mass is 556 g/mol. The van der Waals surface area contributed by atoms with E-state index in [4.69, 9.17) is 0 Å². The van der Waals surface area contributed by atoms with Gasteiger partial charge in [0, 0.05) is 11.6 Å². The minimum absolute atomic E-state index is 0.125. The van der Waals surface area contributed by atoms with Crippen LogP contribution in [0.2, 0.25) is 0 Å². The molecule has 2 atom stereocenters. The van der Waals surface area contributed by atoms with Crippen molar-refractivity contribution in [3.63, 3.8) is 0 Å². The molecule has 4 nitrogen and oxygen atoms in total. The average Bonchev–Trinajstić information content (AvgIpc) is 2.71. The maximum Gasteiger partial charge on any atom is 0.344 e. The van der Waals surface area contributed by atoms with E-state index in [1.54, 1.807) is 0 Å². The third-order valence-electron chi connectivity index (χ3n) is 6.72. The van der Waals surface area contributed by atoms with E-state index in [-0.39, 0.29) is 6.08 Å². The molecule has 4 saturated carbocycles. The van der Waals surface area contributed by atoms with Crippen molar-refractivity contribution in [3.05, 3.63) is 24.8 Å². The van der Waals surface area contributed by atoms with Gasteiger partial charge < -0.3 is 9.47 Å². The Morgan fingerprint density at radius 3 is 1.42 bits per heavy atom. The number of carbonyl (C=O) groups is 2. The minimum atomic E-state index is -7.85. The fourth-order valence-electron chi connectivity index (χ4n) is 4.91. The van der Waals surface area contributed by atoms with E-state index in [0.717, 1.165) is 0 Å². The topological polar surface area (TPSA) is 52.6 Å². The summed E-state index contributed by atoms with van der Waals surface area (Å²) in [5.41, 5.74) is -30.5. The molecule has 0 heterocycles. The van der Waals surface area contributed by atoms with Crippen molar-refractivity contribution in [1.82, 2.24) is 0 Å². The summed E-state index contributed by atoms with van der Waals surface area (Å²) in [5.74, 6) is -50.9. The zero-order valence-corrected chi connectivity index (χ0v) is 17.1. The molecule has 0 amide bonds. The van der Waals surface area contributed by atoms with E-state index in [2.05, 4.69) is 22.6 Å². The van der Waals surface area contributed by atoms with Crippen LogP contribution in [0.4, 0.5) is 61.5 Å². The van der Waals surface area contributed by atoms with Gasteiger partial charge in [-0.3, -0.25) is 0 Å². The highest BCUT2D eigenvalue weighted by Gasteiger charge is 3.23. The molecule has 0 spiro atoms. The molecule has 2 unspecified atom stereocenters. The van der Waals surface area contributed by atoms with Crippen molar-refractivity contribution in [3.8, 4) is 0 Å². The Labute approximate surface area is 189 Å². The lowest BCUT2D eigenvalue weighted by molar-refractivity contribution is -0.621. The maximum atomic E-state index is 15.5. The van der Waals surface area contributed by atoms with Crippen LogP contribution in [0.15, 0.2) is 24.8 Å². The predicted octanol–water partition coefficient (Wildman–Crippen LogP) is 4.83. The minimum Gasteiger partial charge on any atom is -0.461 e. The van der Waals surface area contributed by atoms with Crippen molar-refractivity contribution in [2.24, 2.45) is 5.41 Å². The van der Waals surface area contributed by atoms with Gasteiger partial charge in [0.15, 0.2) is 0 Å². The highest BCUT2D eigenvalue weighted by molar-refractivity contribution is 5.88. The van der Waals surface area contributed by atoms with Gasteiger partial charge in [0.05, 0.1) is 0 Å². The number of ether oxygens (including phenoxy) is 2. The first-order chi connectivity index (χ1) is 15.8. The van der Waals surface area contributed by atoms with E-state index >= 15 is 52.7 Å². The summed E-state index contributed by atoms with van der Waals surface area (Å²) in [4.78, 5) is 23.0. The summed E-state index contributed by atoms with van der Waals surface area (Å²) in [6.45, 7) is 2.01. The zero-order chi connectivity index (χ0) is 28.6. The van der Waals surface area contributed by atoms with Gasteiger partial charge in [-0.25, -0.2) is 44.7 Å². The van der Waals surface area contributed by atoms with Crippen LogP contribution in [-0.4, -0.2) is 71.0 Å². The molecule has 4 rings (SSSR count). The number of esters is 2. The molecule has 0 aliphatic heterocycles. The summed E-state index contributed by atoms with van der Waals surface area (Å²) >= 11 is 0. The SMILES string of the molecule is C=CC(=O)OCC12C(F)(F)C3(F)C(F)(F)C(F)(C1(F)F)C(F)(F)C(OC(=O)C(=C)C)(C3(F)F)C2(F)F. The van der Waals surface area contributed by atoms with Crippen LogP contribution in [0.25, 0.3) is 0 Å². The van der Waals surface area contributed by atoms with Crippen molar-refractivity contribution < 1.29 is 80.5 Å². The lowest BCUT2D eigenvalue weighted by atomic mass is 9.36. The smallest absolute Gasteiger partial charge is 0.344 e. The number of rotatable bonds is 5. The first-order valence-corrected chi connectivity index (χ1v) is 9.11. The number of hydrogen-bond donors (Lipinski definition) is 0. The first-order valence-electron chi connectivity index (χ1n) is 9.11. The predicted molar refractivity (Wildman–Crippen MR) is 84.6 cm³/mol. The van der Waals surface area contributed by atoms with Gasteiger partial charge in [0.2, 0.25) is 5.41 Å². The maximum absolute atomic E-state index is 15.5. The molecular weight excluding hydrogens is 546 g/mol. The molecule has 0 aromatic rings. The van der Waals surface area contributed by atoms with Crippen molar-refractivity contribution >= 4 is 11.9 Å². The van der Waals surface area contributed by atoms with E-state index < -0.39 is 82.0 Å². The Kier molecular flexibility index (Phi) is 5.03. The summed E-state index contributed by atoms with van der Waals surface area (Å²) in [7, 11) is 0. The third-order valence-corrected chi connectivity index (χ3v) is 6.72. The van der Waals surface area contributed by atoms with Gasteiger partial charge >= 0.3 is 64.4 Å². The number of alkyl halides is 14. The average molecular weight is 556 g/mol. The van der Waals surface area contributed by atoms with Crippen LogP contribution in [0.1, 0.15) is 6.92 Å². The van der Waals surface area contributed by atoms with Gasteiger partial charge in [-0.1, -0.05) is 13.2 Å². The molecule has 18 heteroatoms. The summed E-state index contributed by atoms with van der Waals surface area (Å²) in [6, 6.07) is 0. The van der Waals surface area contributed by atoms with Gasteiger partial charge in [-0.05, 0) is 6.92 Å². The molecule has 204 valence electrons. The Morgan fingerprint density at radius 2 is 1.08 bits per heavy atom. The summed E-state index contributed by atoms with van der Waals surface area (Å²) < 4.78 is 218. The van der Waals surface area contributed by atoms with E-state index in [0.29, 0.717) is 6.92 Å². The van der Waals surface area contributed by atoms with E-state index in [1.165, 1.54) is 0 Å². The molecule has 0 aromatic heterocycles. The van der Waals surface area contributed by atoms with Crippen LogP contribution in [0.5, 0.6) is 0 Å². The molecule has 4 aliphatic rings. The molecular formula is C18H10F14O4. The van der Waals surface area contributed by atoms with Crippen molar-refractivity contribution in [2.75, 3.05) is 6.61 Å². The van der Waals surface area contributed by atoms with E-state index in [9.17, 15) is 18.4 Å². The molecule has 0 aromatic carbocycles. The highest BCUT2D eigenvalue weighted by atomic mass is 19.3. The molecule has 0 radical (unpaired) electrons. The van der Waals surface area contributed by atoms with Crippen LogP contribution in [0, 0.1) is 5.41 Å². The molecule has 4 fully saturated rings. The van der Waals surface area contributed by atoms with Gasteiger partial charge in [0.25, 0.3) is 0 Å². The van der Waals surface area contributed by atoms with Crippen LogP contribution in [0.3, 0.4) is 0 Å². The van der Waals surface area contributed by atoms with Crippen LogP contribution >= 0.6 is 0 Å². The molecule has 4 aliphatic carbocycles. The lowest BCUT2D eigenvalue weighted by Gasteiger charge is -2.76. The second-order valence-corrected chi connectivity index (χ2v) is 8.33. The van der Waals surface area contributed by atoms with E-state index in [1.807, 2.05) is 0 Å². The second-order valence-electron chi connectivity index (χ2n) is 8.33. The van der Waals surface area contributed by atoms with Gasteiger partial charge in [-0.2, -0.15) is 26.3 Å². The zero-order valence-electron chi connectivity index (χ0n) is 17.1. The first kappa shape index (κ1) is 28.0. The number of hydrogen-bond acceptors (Lipinski definition) is 4. The standard InChI is InChI=1S/C18H10F14O4/c1-4-7(33)35-5-9-13(21,22)10(19)16(27,28)11(20,14(9,23)24)18(31,32)12(15(9,25)26,17(10,29)30)36-8(34)6(2)3/h4H,1-2,5H2,3H3. The quantitative estimate of drug-likeness (QED) is 0.277. The van der Waals surface area contributed by atoms with Gasteiger partial charge in [-0.15, -0.1) is 0 Å². The third kappa shape index (κ3) is 1.94. The number of carbonyl (C=O) groups excluding carboxylic acids is 2. The largest absolute Gasteiger partial charge is 0.461 e. The van der Waals surface area contributed by atoms with Crippen molar-refractivity contribution in [1.29, 1.82) is 0 Å². The molecule has 0 saturated heterocycles. The molecule has 36 heavy (non-hydrogen) atoms. The van der Waals surface area contributed by atoms with Crippen LogP contribution < -0.4 is 0 Å². The Morgan fingerprint density at radius 1 is 0.694 bits per heavy atom. The molecule has 4 bridgehead atoms.